The van der Waals surface area contributed by atoms with Gasteiger partial charge in [0, 0.05) is 5.71 Å². The minimum Gasteiger partial charge on any atom is -0.282 e. The van der Waals surface area contributed by atoms with Gasteiger partial charge in [0.25, 0.3) is 0 Å². The maximum atomic E-state index is 12.7. The van der Waals surface area contributed by atoms with Gasteiger partial charge in [-0.3, -0.25) is 4.99 Å². The van der Waals surface area contributed by atoms with Crippen molar-refractivity contribution in [2.24, 2.45) is 4.99 Å². The molecule has 2 rings (SSSR count). The average molecular weight is 291 g/mol. The molecular weight excluding hydrogens is 275 g/mol. The summed E-state index contributed by atoms with van der Waals surface area (Å²) in [4.78, 5) is 4.49. The fourth-order valence-electron chi connectivity index (χ4n) is 2.09. The molecule has 0 aromatic heterocycles. The summed E-state index contributed by atoms with van der Waals surface area (Å²) >= 11 is 0. The second-order valence-corrected chi connectivity index (χ2v) is 4.88. The minimum absolute atomic E-state index is 0.0965. The Bertz CT molecular complexity index is 630. The Kier molecular flexibility index (Phi) is 4.46. The van der Waals surface area contributed by atoms with E-state index in [1.165, 1.54) is 6.07 Å². The van der Waals surface area contributed by atoms with Gasteiger partial charge in [0.05, 0.1) is 11.6 Å². The molecule has 0 spiro atoms. The number of aliphatic imine (C=N–C) groups is 1. The first-order chi connectivity index (χ1) is 9.88. The van der Waals surface area contributed by atoms with Crippen molar-refractivity contribution in [3.63, 3.8) is 0 Å². The van der Waals surface area contributed by atoms with Crippen LogP contribution < -0.4 is 0 Å². The minimum atomic E-state index is -4.33. The van der Waals surface area contributed by atoms with Crippen LogP contribution in [-0.4, -0.2) is 5.71 Å². The summed E-state index contributed by atoms with van der Waals surface area (Å²) in [5.74, 6) is 0. The maximum absolute atomic E-state index is 12.7. The number of hydrogen-bond acceptors (Lipinski definition) is 1. The summed E-state index contributed by atoms with van der Waals surface area (Å²) < 4.78 is 38.2. The number of benzene rings is 2. The second kappa shape index (κ2) is 6.12. The van der Waals surface area contributed by atoms with Crippen LogP contribution in [0.3, 0.4) is 0 Å². The third kappa shape index (κ3) is 3.94. The zero-order valence-electron chi connectivity index (χ0n) is 11.9. The molecule has 0 heterocycles. The monoisotopic (exact) mass is 291 g/mol. The lowest BCUT2D eigenvalue weighted by atomic mass is 10.1. The van der Waals surface area contributed by atoms with E-state index in [0.717, 1.165) is 17.7 Å². The van der Waals surface area contributed by atoms with E-state index in [1.54, 1.807) is 13.0 Å². The summed E-state index contributed by atoms with van der Waals surface area (Å²) in [5.41, 5.74) is 1.47. The van der Waals surface area contributed by atoms with Gasteiger partial charge in [-0.2, -0.15) is 13.2 Å². The highest BCUT2D eigenvalue weighted by Gasteiger charge is 2.30. The zero-order valence-corrected chi connectivity index (χ0v) is 11.9. The molecule has 0 amide bonds. The van der Waals surface area contributed by atoms with Crippen LogP contribution >= 0.6 is 0 Å². The molecule has 0 aliphatic heterocycles. The highest BCUT2D eigenvalue weighted by atomic mass is 19.4. The molecule has 0 aliphatic rings. The highest BCUT2D eigenvalue weighted by molar-refractivity contribution is 5.99. The van der Waals surface area contributed by atoms with Crippen LogP contribution in [0.4, 0.5) is 13.2 Å². The average Bonchev–Trinajstić information content (AvgIpc) is 2.47. The molecule has 0 unspecified atom stereocenters. The van der Waals surface area contributed by atoms with Gasteiger partial charge in [-0.1, -0.05) is 42.5 Å². The molecule has 0 saturated heterocycles. The zero-order chi connectivity index (χ0) is 15.5. The molecule has 0 fully saturated rings. The van der Waals surface area contributed by atoms with Crippen molar-refractivity contribution in [1.82, 2.24) is 0 Å². The molecule has 0 aliphatic carbocycles. The Balaban J connectivity index is 2.27. The molecule has 1 nitrogen and oxygen atoms in total. The predicted molar refractivity (Wildman–Crippen MR) is 78.5 cm³/mol. The Hall–Kier alpha value is -2.10. The number of rotatable bonds is 3. The van der Waals surface area contributed by atoms with Crippen molar-refractivity contribution < 1.29 is 13.2 Å². The molecule has 110 valence electrons. The SMILES string of the molecule is CC(=N[C@@H](C)c1ccccc1)c1cccc(C(F)(F)F)c1. The second-order valence-electron chi connectivity index (χ2n) is 4.88. The molecule has 0 bridgehead atoms. The van der Waals surface area contributed by atoms with E-state index in [-0.39, 0.29) is 6.04 Å². The van der Waals surface area contributed by atoms with Gasteiger partial charge >= 0.3 is 6.18 Å². The lowest BCUT2D eigenvalue weighted by molar-refractivity contribution is -0.137. The van der Waals surface area contributed by atoms with Crippen molar-refractivity contribution >= 4 is 5.71 Å². The van der Waals surface area contributed by atoms with Crippen molar-refractivity contribution in [2.75, 3.05) is 0 Å². The van der Waals surface area contributed by atoms with Crippen molar-refractivity contribution in [3.8, 4) is 0 Å². The number of alkyl halides is 3. The molecular formula is C17H16F3N. The normalized spacial score (nSPS) is 14.0. The van der Waals surface area contributed by atoms with E-state index in [0.29, 0.717) is 11.3 Å². The largest absolute Gasteiger partial charge is 0.416 e. The van der Waals surface area contributed by atoms with E-state index in [4.69, 9.17) is 0 Å². The standard InChI is InChI=1S/C17H16F3N/c1-12(14-7-4-3-5-8-14)21-13(2)15-9-6-10-16(11-15)17(18,19)20/h3-12H,1-2H3/t12-/m0/s1. The van der Waals surface area contributed by atoms with E-state index >= 15 is 0 Å². The molecule has 1 atom stereocenters. The first-order valence-corrected chi connectivity index (χ1v) is 6.65. The van der Waals surface area contributed by atoms with E-state index in [1.807, 2.05) is 37.3 Å². The molecule has 0 radical (unpaired) electrons. The van der Waals surface area contributed by atoms with Crippen molar-refractivity contribution in [3.05, 3.63) is 71.3 Å². The van der Waals surface area contributed by atoms with E-state index in [9.17, 15) is 13.2 Å². The fraction of sp³-hybridized carbons (Fsp3) is 0.235. The number of nitrogens with zero attached hydrogens (tertiary/aromatic N) is 1. The van der Waals surface area contributed by atoms with Crippen molar-refractivity contribution in [2.45, 2.75) is 26.1 Å². The van der Waals surface area contributed by atoms with E-state index in [2.05, 4.69) is 4.99 Å². The van der Waals surface area contributed by atoms with Crippen LogP contribution in [0.5, 0.6) is 0 Å². The molecule has 2 aromatic rings. The van der Waals surface area contributed by atoms with Gasteiger partial charge in [0.1, 0.15) is 0 Å². The van der Waals surface area contributed by atoms with Crippen molar-refractivity contribution in [1.29, 1.82) is 0 Å². The Labute approximate surface area is 122 Å². The quantitative estimate of drug-likeness (QED) is 0.683. The Morgan fingerprint density at radius 2 is 1.67 bits per heavy atom. The van der Waals surface area contributed by atoms with Crippen LogP contribution in [0.25, 0.3) is 0 Å². The van der Waals surface area contributed by atoms with Gasteiger partial charge in [-0.05, 0) is 37.1 Å². The summed E-state index contributed by atoms with van der Waals surface area (Å²) in [5, 5.41) is 0. The van der Waals surface area contributed by atoms with Gasteiger partial charge in [-0.25, -0.2) is 0 Å². The lowest BCUT2D eigenvalue weighted by Crippen LogP contribution is -2.07. The van der Waals surface area contributed by atoms with Crippen LogP contribution in [0, 0.1) is 0 Å². The number of halogens is 3. The molecule has 0 N–H and O–H groups in total. The first-order valence-electron chi connectivity index (χ1n) is 6.65. The molecule has 4 heteroatoms. The highest BCUT2D eigenvalue weighted by Crippen LogP contribution is 2.30. The van der Waals surface area contributed by atoms with Crippen LogP contribution in [0.2, 0.25) is 0 Å². The molecule has 21 heavy (non-hydrogen) atoms. The van der Waals surface area contributed by atoms with Crippen LogP contribution in [0.1, 0.15) is 36.6 Å². The summed E-state index contributed by atoms with van der Waals surface area (Å²) in [6, 6.07) is 14.8. The van der Waals surface area contributed by atoms with Crippen LogP contribution in [0.15, 0.2) is 59.6 Å². The fourth-order valence-corrected chi connectivity index (χ4v) is 2.09. The smallest absolute Gasteiger partial charge is 0.282 e. The Morgan fingerprint density at radius 3 is 2.29 bits per heavy atom. The Morgan fingerprint density at radius 1 is 1.00 bits per heavy atom. The van der Waals surface area contributed by atoms with Gasteiger partial charge in [-0.15, -0.1) is 0 Å². The number of hydrogen-bond donors (Lipinski definition) is 0. The molecule has 0 saturated carbocycles. The maximum Gasteiger partial charge on any atom is 0.416 e. The summed E-state index contributed by atoms with van der Waals surface area (Å²) in [7, 11) is 0. The predicted octanol–water partition coefficient (Wildman–Crippen LogP) is 5.28. The topological polar surface area (TPSA) is 12.4 Å². The summed E-state index contributed by atoms with van der Waals surface area (Å²) in [6.45, 7) is 3.65. The lowest BCUT2D eigenvalue weighted by Gasteiger charge is -2.11. The van der Waals surface area contributed by atoms with Crippen LogP contribution in [-0.2, 0) is 6.18 Å². The first kappa shape index (κ1) is 15.3. The third-order valence-corrected chi connectivity index (χ3v) is 3.28. The summed E-state index contributed by atoms with van der Waals surface area (Å²) in [6.07, 6.45) is -4.33. The third-order valence-electron chi connectivity index (χ3n) is 3.28. The van der Waals surface area contributed by atoms with Gasteiger partial charge in [0.15, 0.2) is 0 Å². The van der Waals surface area contributed by atoms with Gasteiger partial charge in [0.2, 0.25) is 0 Å². The van der Waals surface area contributed by atoms with E-state index < -0.39 is 11.7 Å². The van der Waals surface area contributed by atoms with Gasteiger partial charge < -0.3 is 0 Å². The molecule has 2 aromatic carbocycles.